The number of para-hydroxylation sites is 1. The van der Waals surface area contributed by atoms with Crippen molar-refractivity contribution in [3.05, 3.63) is 84.5 Å². The van der Waals surface area contributed by atoms with Gasteiger partial charge in [0, 0.05) is 24.9 Å². The van der Waals surface area contributed by atoms with Gasteiger partial charge in [0.25, 0.3) is 0 Å². The Morgan fingerprint density at radius 3 is 2.48 bits per heavy atom. The first kappa shape index (κ1) is 26.9. The van der Waals surface area contributed by atoms with Gasteiger partial charge in [0.1, 0.15) is 18.2 Å². The third kappa shape index (κ3) is 3.79. The summed E-state index contributed by atoms with van der Waals surface area (Å²) in [6, 6.07) is 15.2. The van der Waals surface area contributed by atoms with Crippen LogP contribution in [0.2, 0.25) is 0 Å². The lowest BCUT2D eigenvalue weighted by atomic mass is 9.74. The molecule has 10 nitrogen and oxygen atoms in total. The number of likely N-dealkylation sites (N-methyl/N-ethyl adjacent to an activating group) is 1. The molecule has 0 aliphatic carbocycles. The number of carbonyl (C=O) groups excluding carboxylic acids is 3. The molecule has 4 aliphatic rings. The van der Waals surface area contributed by atoms with Crippen LogP contribution in [-0.4, -0.2) is 94.8 Å². The van der Waals surface area contributed by atoms with Crippen molar-refractivity contribution in [1.29, 1.82) is 0 Å². The van der Waals surface area contributed by atoms with Crippen LogP contribution >= 0.6 is 11.8 Å². The zero-order valence-electron chi connectivity index (χ0n) is 23.4. The number of carbonyl (C=O) groups is 3. The number of fused-ring (bicyclic) bond motifs is 3. The first-order valence-corrected chi connectivity index (χ1v) is 15.0. The lowest BCUT2D eigenvalue weighted by Crippen LogP contribution is -2.54. The number of aliphatic hydroxyl groups excluding tert-OH is 1. The Morgan fingerprint density at radius 1 is 0.952 bits per heavy atom. The van der Waals surface area contributed by atoms with Gasteiger partial charge in [-0.2, -0.15) is 0 Å². The van der Waals surface area contributed by atoms with Gasteiger partial charge >= 0.3 is 0 Å². The molecule has 1 spiro atoms. The van der Waals surface area contributed by atoms with Crippen molar-refractivity contribution in [2.45, 2.75) is 35.2 Å². The van der Waals surface area contributed by atoms with E-state index in [1.165, 1.54) is 11.8 Å². The number of aromatic nitrogens is 3. The topological polar surface area (TPSA) is 112 Å². The van der Waals surface area contributed by atoms with Crippen molar-refractivity contribution in [3.63, 3.8) is 0 Å². The Kier molecular flexibility index (Phi) is 6.28. The Hall–Kier alpha value is -3.96. The van der Waals surface area contributed by atoms with Crippen LogP contribution in [0.1, 0.15) is 18.5 Å². The molecule has 216 valence electrons. The smallest absolute Gasteiger partial charge is 0.248 e. The van der Waals surface area contributed by atoms with Crippen molar-refractivity contribution in [1.82, 2.24) is 29.7 Å². The summed E-state index contributed by atoms with van der Waals surface area (Å²) in [4.78, 5) is 48.3. The summed E-state index contributed by atoms with van der Waals surface area (Å²) in [6.45, 7) is 2.55. The monoisotopic (exact) mass is 584 g/mol. The molecule has 0 saturated carbocycles. The molecule has 1 aromatic heterocycles. The van der Waals surface area contributed by atoms with E-state index in [0.717, 1.165) is 16.6 Å². The number of hydrogen-bond acceptors (Lipinski definition) is 7. The Morgan fingerprint density at radius 2 is 1.69 bits per heavy atom. The minimum Gasteiger partial charge on any atom is -0.394 e. The molecule has 1 unspecified atom stereocenters. The molecule has 11 heteroatoms. The number of rotatable bonds is 5. The lowest BCUT2D eigenvalue weighted by Gasteiger charge is -2.39. The van der Waals surface area contributed by atoms with Gasteiger partial charge in [0.15, 0.2) is 0 Å². The average molecular weight is 585 g/mol. The second-order valence-electron chi connectivity index (χ2n) is 11.7. The van der Waals surface area contributed by atoms with Crippen molar-refractivity contribution in [2.75, 3.05) is 26.7 Å². The molecule has 42 heavy (non-hydrogen) atoms. The van der Waals surface area contributed by atoms with Gasteiger partial charge in [-0.15, -0.1) is 16.9 Å². The average Bonchev–Trinajstić information content (AvgIpc) is 3.53. The molecule has 3 amide bonds. The van der Waals surface area contributed by atoms with Gasteiger partial charge in [-0.05, 0) is 24.6 Å². The van der Waals surface area contributed by atoms with Gasteiger partial charge in [0.05, 0.1) is 34.7 Å². The van der Waals surface area contributed by atoms with Crippen molar-refractivity contribution in [2.24, 2.45) is 11.8 Å². The quantitative estimate of drug-likeness (QED) is 0.458. The molecular weight excluding hydrogens is 552 g/mol. The second-order valence-corrected chi connectivity index (χ2v) is 13.4. The first-order chi connectivity index (χ1) is 20.3. The molecule has 7 rings (SSSR count). The van der Waals surface area contributed by atoms with E-state index in [2.05, 4.69) is 10.3 Å². The maximum absolute atomic E-state index is 14.8. The number of benzene rings is 2. The number of thioether (sulfide) groups is 1. The largest absolute Gasteiger partial charge is 0.394 e. The maximum atomic E-state index is 14.8. The SMILES string of the molecule is CN1CC=C[C@]2(C)S[C@]34C=CCN(Cn5nnc6ccccc65)C(=O)C3N([C@H](CO)c3ccccc3)C(=O)[C@@H]4[C@@H]2C1=O. The number of amides is 3. The third-order valence-corrected chi connectivity index (χ3v) is 11.0. The molecule has 2 saturated heterocycles. The number of aliphatic hydroxyl groups is 1. The van der Waals surface area contributed by atoms with Crippen LogP contribution in [-0.2, 0) is 21.1 Å². The molecule has 0 radical (unpaired) electrons. The van der Waals surface area contributed by atoms with Crippen LogP contribution in [0.25, 0.3) is 11.0 Å². The highest BCUT2D eigenvalue weighted by Gasteiger charge is 2.74. The predicted octanol–water partition coefficient (Wildman–Crippen LogP) is 2.24. The number of hydrogen-bond donors (Lipinski definition) is 1. The van der Waals surface area contributed by atoms with E-state index in [1.807, 2.05) is 85.8 Å². The summed E-state index contributed by atoms with van der Waals surface area (Å²) in [5.41, 5.74) is 2.25. The van der Waals surface area contributed by atoms with Crippen LogP contribution in [0.15, 0.2) is 78.9 Å². The summed E-state index contributed by atoms with van der Waals surface area (Å²) in [6.07, 6.45) is 7.94. The molecular formula is C31H32N6O4S. The zero-order chi connectivity index (χ0) is 29.2. The van der Waals surface area contributed by atoms with E-state index in [4.69, 9.17) is 0 Å². The molecule has 1 N–H and O–H groups in total. The van der Waals surface area contributed by atoms with Crippen LogP contribution in [0.3, 0.4) is 0 Å². The highest BCUT2D eigenvalue weighted by Crippen LogP contribution is 2.66. The summed E-state index contributed by atoms with van der Waals surface area (Å²) >= 11 is 1.53. The van der Waals surface area contributed by atoms with E-state index < -0.39 is 33.4 Å². The minimum absolute atomic E-state index is 0.109. The van der Waals surface area contributed by atoms with Crippen LogP contribution in [0, 0.1) is 11.8 Å². The molecule has 4 aliphatic heterocycles. The van der Waals surface area contributed by atoms with E-state index in [-0.39, 0.29) is 31.0 Å². The summed E-state index contributed by atoms with van der Waals surface area (Å²) in [7, 11) is 1.75. The van der Waals surface area contributed by atoms with Gasteiger partial charge in [-0.25, -0.2) is 4.68 Å². The van der Waals surface area contributed by atoms with Gasteiger partial charge in [0.2, 0.25) is 17.7 Å². The van der Waals surface area contributed by atoms with E-state index in [1.54, 1.807) is 26.4 Å². The van der Waals surface area contributed by atoms with Crippen molar-refractivity contribution in [3.8, 4) is 0 Å². The first-order valence-electron chi connectivity index (χ1n) is 14.1. The fourth-order valence-electron chi connectivity index (χ4n) is 7.31. The zero-order valence-corrected chi connectivity index (χ0v) is 24.2. The van der Waals surface area contributed by atoms with Crippen LogP contribution in [0.5, 0.6) is 0 Å². The number of nitrogens with zero attached hydrogens (tertiary/aromatic N) is 6. The number of likely N-dealkylation sites (tertiary alicyclic amines) is 1. The summed E-state index contributed by atoms with van der Waals surface area (Å²) in [5.74, 6) is -2.08. The maximum Gasteiger partial charge on any atom is 0.248 e. The van der Waals surface area contributed by atoms with Crippen molar-refractivity contribution >= 4 is 40.5 Å². The molecule has 2 fully saturated rings. The van der Waals surface area contributed by atoms with Crippen LogP contribution < -0.4 is 0 Å². The molecule has 0 bridgehead atoms. The normalized spacial score (nSPS) is 31.3. The highest BCUT2D eigenvalue weighted by molar-refractivity contribution is 8.02. The summed E-state index contributed by atoms with van der Waals surface area (Å²) < 4.78 is -0.00430. The van der Waals surface area contributed by atoms with E-state index in [9.17, 15) is 19.5 Å². The van der Waals surface area contributed by atoms with E-state index >= 15 is 0 Å². The van der Waals surface area contributed by atoms with E-state index in [0.29, 0.717) is 13.1 Å². The lowest BCUT2D eigenvalue weighted by molar-refractivity contribution is -0.147. The molecule has 3 aromatic rings. The summed E-state index contributed by atoms with van der Waals surface area (Å²) in [5, 5.41) is 19.3. The van der Waals surface area contributed by atoms with Gasteiger partial charge < -0.3 is 19.8 Å². The highest BCUT2D eigenvalue weighted by atomic mass is 32.2. The second kappa shape index (κ2) is 9.81. The Bertz CT molecular complexity index is 1640. The Balaban J connectivity index is 1.37. The minimum atomic E-state index is -1.01. The van der Waals surface area contributed by atoms with Gasteiger partial charge in [-0.3, -0.25) is 14.4 Å². The fraction of sp³-hybridized carbons (Fsp3) is 0.387. The Labute approximate surface area is 247 Å². The third-order valence-electron chi connectivity index (χ3n) is 9.20. The molecule has 2 aromatic carbocycles. The van der Waals surface area contributed by atoms with Crippen molar-refractivity contribution < 1.29 is 19.5 Å². The van der Waals surface area contributed by atoms with Crippen LogP contribution in [0.4, 0.5) is 0 Å². The standard InChI is InChI=1S/C31H32N6O4S/c1-30-14-8-16-34(2)27(39)24(30)25-28(40)37(23(18-38)20-10-4-3-5-11-20)26-29(41)35(17-9-15-31(25,26)42-30)19-36-22-13-7-6-12-21(22)32-33-36/h3-15,23-26,38H,16-19H2,1-2H3/t23-,24-,25+,26?,30+,31+/m1/s1. The van der Waals surface area contributed by atoms with Gasteiger partial charge in [-0.1, -0.05) is 72.0 Å². The fourth-order valence-corrected chi connectivity index (χ4v) is 9.45. The molecule has 5 heterocycles. The predicted molar refractivity (Wildman–Crippen MR) is 158 cm³/mol. The molecule has 6 atom stereocenters.